The summed E-state index contributed by atoms with van der Waals surface area (Å²) in [5.74, 6) is -0.749. The molecular weight excluding hydrogens is 584 g/mol. The number of carbonyl (C=O) groups is 3. The maximum atomic E-state index is 13.0. The number of nitrogens with zero attached hydrogens (tertiary/aromatic N) is 3. The van der Waals surface area contributed by atoms with E-state index in [0.717, 1.165) is 17.9 Å². The molecule has 0 saturated heterocycles. The predicted octanol–water partition coefficient (Wildman–Crippen LogP) is 1.48. The maximum absolute atomic E-state index is 13.0. The molecule has 0 aliphatic rings. The first-order chi connectivity index (χ1) is 21.7. The molecule has 0 radical (unpaired) electrons. The molecule has 0 bridgehead atoms. The molecule has 1 aromatic carbocycles. The van der Waals surface area contributed by atoms with Crippen LogP contribution in [-0.4, -0.2) is 135 Å². The standard InChI is InChI=1S/C31H52N6O8/c1-7-28(23-35-31(40)29-22-27(32-3)9-8-26(29)24-45-25(2)38)37(33-4)13-15-42-17-19-44-21-20-43-18-16-41-14-10-30(39)34-11-12-36(5)6/h7-9,22,32H,4,10-21,23-24H2,1-3,5-6H3,(H,34,39)(H,35,40)/b28-7-. The third-order valence-electron chi connectivity index (χ3n) is 6.26. The fourth-order valence-corrected chi connectivity index (χ4v) is 3.75. The highest BCUT2D eigenvalue weighted by Gasteiger charge is 2.15. The number of anilines is 1. The molecule has 0 saturated carbocycles. The number of hydrazone groups is 1. The second-order valence-corrected chi connectivity index (χ2v) is 9.98. The molecule has 0 spiro atoms. The quantitative estimate of drug-likeness (QED) is 0.0587. The number of benzene rings is 1. The number of hydrogen-bond donors (Lipinski definition) is 3. The molecule has 0 atom stereocenters. The van der Waals surface area contributed by atoms with E-state index in [0.29, 0.717) is 83.5 Å². The van der Waals surface area contributed by atoms with Crippen molar-refractivity contribution >= 4 is 30.2 Å². The van der Waals surface area contributed by atoms with Gasteiger partial charge in [-0.25, -0.2) is 0 Å². The number of esters is 1. The Labute approximate surface area is 267 Å². The highest BCUT2D eigenvalue weighted by molar-refractivity contribution is 5.96. The second kappa shape index (κ2) is 24.7. The molecule has 0 aliphatic heterocycles. The van der Waals surface area contributed by atoms with Gasteiger partial charge in [0.2, 0.25) is 5.91 Å². The summed E-state index contributed by atoms with van der Waals surface area (Å²) >= 11 is 0. The van der Waals surface area contributed by atoms with Gasteiger partial charge in [0.25, 0.3) is 5.91 Å². The normalized spacial score (nSPS) is 11.3. The summed E-state index contributed by atoms with van der Waals surface area (Å²) in [5.41, 5.74) is 2.51. The van der Waals surface area contributed by atoms with E-state index in [4.69, 9.17) is 23.7 Å². The average molecular weight is 637 g/mol. The van der Waals surface area contributed by atoms with Crippen molar-refractivity contribution in [2.24, 2.45) is 5.10 Å². The van der Waals surface area contributed by atoms with E-state index < -0.39 is 5.97 Å². The highest BCUT2D eigenvalue weighted by atomic mass is 16.6. The Bertz CT molecular complexity index is 1050. The van der Waals surface area contributed by atoms with Gasteiger partial charge in [-0.2, -0.15) is 5.10 Å². The van der Waals surface area contributed by atoms with E-state index in [2.05, 4.69) is 27.8 Å². The SMILES string of the molecule is C=NN(CCOCCOCCOCCOCCC(=O)NCCN(C)C)/C(=C\C)CNC(=O)c1cc(NC)ccc1COC(C)=O. The fraction of sp³-hybridized carbons (Fsp3) is 0.613. The van der Waals surface area contributed by atoms with Gasteiger partial charge in [-0.15, -0.1) is 0 Å². The molecule has 0 unspecified atom stereocenters. The van der Waals surface area contributed by atoms with Crippen LogP contribution in [0.1, 0.15) is 36.2 Å². The summed E-state index contributed by atoms with van der Waals surface area (Å²) in [7, 11) is 5.68. The topological polar surface area (TPSA) is 152 Å². The van der Waals surface area contributed by atoms with E-state index in [1.54, 1.807) is 24.2 Å². The van der Waals surface area contributed by atoms with Crippen LogP contribution in [0.15, 0.2) is 35.1 Å². The lowest BCUT2D eigenvalue weighted by Gasteiger charge is -2.22. The lowest BCUT2D eigenvalue weighted by atomic mass is 10.1. The van der Waals surface area contributed by atoms with Crippen LogP contribution < -0.4 is 16.0 Å². The number of allylic oxidation sites excluding steroid dienone is 1. The molecule has 0 heterocycles. The van der Waals surface area contributed by atoms with Crippen LogP contribution in [0.25, 0.3) is 0 Å². The smallest absolute Gasteiger partial charge is 0.302 e. The first kappa shape index (κ1) is 39.5. The number of likely N-dealkylation sites (N-methyl/N-ethyl adjacent to an activating group) is 1. The molecule has 0 aliphatic carbocycles. The maximum Gasteiger partial charge on any atom is 0.302 e. The van der Waals surface area contributed by atoms with E-state index in [-0.39, 0.29) is 25.0 Å². The summed E-state index contributed by atoms with van der Waals surface area (Å²) in [6, 6.07) is 5.28. The van der Waals surface area contributed by atoms with E-state index >= 15 is 0 Å². The molecule has 254 valence electrons. The second-order valence-electron chi connectivity index (χ2n) is 9.98. The lowest BCUT2D eigenvalue weighted by molar-refractivity contribution is -0.142. The van der Waals surface area contributed by atoms with Gasteiger partial charge >= 0.3 is 5.97 Å². The van der Waals surface area contributed by atoms with Crippen molar-refractivity contribution in [1.82, 2.24) is 20.5 Å². The molecule has 14 nitrogen and oxygen atoms in total. The van der Waals surface area contributed by atoms with Gasteiger partial charge < -0.3 is 44.5 Å². The third kappa shape index (κ3) is 18.8. The summed E-state index contributed by atoms with van der Waals surface area (Å²) in [4.78, 5) is 38.0. The molecule has 14 heteroatoms. The van der Waals surface area contributed by atoms with Crippen LogP contribution in [0.3, 0.4) is 0 Å². The van der Waals surface area contributed by atoms with Crippen LogP contribution in [0.5, 0.6) is 0 Å². The van der Waals surface area contributed by atoms with E-state index in [9.17, 15) is 14.4 Å². The largest absolute Gasteiger partial charge is 0.461 e. The lowest BCUT2D eigenvalue weighted by Crippen LogP contribution is -2.33. The van der Waals surface area contributed by atoms with E-state index in [1.165, 1.54) is 6.92 Å². The Hall–Kier alpha value is -3.56. The van der Waals surface area contributed by atoms with Crippen LogP contribution in [0.2, 0.25) is 0 Å². The monoisotopic (exact) mass is 636 g/mol. The minimum absolute atomic E-state index is 0.00224. The van der Waals surface area contributed by atoms with Crippen LogP contribution >= 0.6 is 0 Å². The number of hydrogen-bond acceptors (Lipinski definition) is 12. The van der Waals surface area contributed by atoms with Crippen molar-refractivity contribution in [3.8, 4) is 0 Å². The number of rotatable bonds is 26. The van der Waals surface area contributed by atoms with Gasteiger partial charge in [0.1, 0.15) is 6.61 Å². The van der Waals surface area contributed by atoms with Crippen LogP contribution in [-0.2, 0) is 39.9 Å². The zero-order valence-electron chi connectivity index (χ0n) is 27.5. The molecule has 0 aromatic heterocycles. The van der Waals surface area contributed by atoms with Gasteiger partial charge in [0, 0.05) is 57.0 Å². The van der Waals surface area contributed by atoms with Gasteiger partial charge in [-0.05, 0) is 33.2 Å². The molecule has 2 amide bonds. The van der Waals surface area contributed by atoms with Crippen molar-refractivity contribution in [3.63, 3.8) is 0 Å². The Morgan fingerprint density at radius 3 is 2.09 bits per heavy atom. The van der Waals surface area contributed by atoms with Crippen LogP contribution in [0.4, 0.5) is 5.69 Å². The number of carbonyl (C=O) groups excluding carboxylic acids is 3. The Morgan fingerprint density at radius 2 is 1.53 bits per heavy atom. The van der Waals surface area contributed by atoms with Gasteiger partial charge in [-0.1, -0.05) is 12.1 Å². The zero-order valence-corrected chi connectivity index (χ0v) is 27.5. The average Bonchev–Trinajstić information content (AvgIpc) is 3.02. The third-order valence-corrected chi connectivity index (χ3v) is 6.26. The number of amides is 2. The number of nitrogens with one attached hydrogen (secondary N) is 3. The molecule has 0 fully saturated rings. The minimum atomic E-state index is -0.422. The zero-order chi connectivity index (χ0) is 33.3. The van der Waals surface area contributed by atoms with E-state index in [1.807, 2.05) is 38.1 Å². The summed E-state index contributed by atoms with van der Waals surface area (Å²) < 4.78 is 27.2. The predicted molar refractivity (Wildman–Crippen MR) is 173 cm³/mol. The first-order valence-electron chi connectivity index (χ1n) is 15.1. The fourth-order valence-electron chi connectivity index (χ4n) is 3.75. The molecule has 1 aromatic rings. The minimum Gasteiger partial charge on any atom is -0.461 e. The van der Waals surface area contributed by atoms with Crippen molar-refractivity contribution in [2.45, 2.75) is 26.9 Å². The number of ether oxygens (including phenoxy) is 5. The van der Waals surface area contributed by atoms with Crippen molar-refractivity contribution in [3.05, 3.63) is 41.1 Å². The summed E-state index contributed by atoms with van der Waals surface area (Å²) in [6.07, 6.45) is 2.17. The molecule has 1 rings (SSSR count). The van der Waals surface area contributed by atoms with Gasteiger partial charge in [0.15, 0.2) is 0 Å². The van der Waals surface area contributed by atoms with Gasteiger partial charge in [-0.3, -0.25) is 19.4 Å². The molecular formula is C31H52N6O8. The first-order valence-corrected chi connectivity index (χ1v) is 15.1. The molecule has 3 N–H and O–H groups in total. The van der Waals surface area contributed by atoms with Gasteiger partial charge in [0.05, 0.1) is 71.6 Å². The Kier molecular flexibility index (Phi) is 21.7. The Morgan fingerprint density at radius 1 is 0.911 bits per heavy atom. The Balaban J connectivity index is 2.21. The highest BCUT2D eigenvalue weighted by Crippen LogP contribution is 2.17. The summed E-state index contributed by atoms with van der Waals surface area (Å²) in [6.45, 7) is 12.2. The van der Waals surface area contributed by atoms with Crippen molar-refractivity contribution < 1.29 is 38.1 Å². The summed E-state index contributed by atoms with van der Waals surface area (Å²) in [5, 5.41) is 14.5. The molecule has 45 heavy (non-hydrogen) atoms. The van der Waals surface area contributed by atoms with Crippen molar-refractivity contribution in [2.75, 3.05) is 105 Å². The van der Waals surface area contributed by atoms with Crippen molar-refractivity contribution in [1.29, 1.82) is 0 Å². The van der Waals surface area contributed by atoms with Crippen LogP contribution in [0, 0.1) is 0 Å².